The average Bonchev–Trinajstić information content (AvgIpc) is 2.85. The van der Waals surface area contributed by atoms with Gasteiger partial charge in [-0.1, -0.05) is 66.7 Å². The predicted molar refractivity (Wildman–Crippen MR) is 127 cm³/mol. The minimum absolute atomic E-state index is 0.275. The van der Waals surface area contributed by atoms with Gasteiger partial charge in [0, 0.05) is 16.6 Å². The number of aromatic nitrogens is 1. The van der Waals surface area contributed by atoms with Gasteiger partial charge in [0.15, 0.2) is 0 Å². The Labute approximate surface area is 185 Å². The molecular weight excluding hydrogens is 401 g/mol. The summed E-state index contributed by atoms with van der Waals surface area (Å²) in [7, 11) is 1.60. The van der Waals surface area contributed by atoms with Gasteiger partial charge >= 0.3 is 0 Å². The van der Waals surface area contributed by atoms with Crippen molar-refractivity contribution in [2.45, 2.75) is 0 Å². The zero-order valence-corrected chi connectivity index (χ0v) is 17.5. The third-order valence-electron chi connectivity index (χ3n) is 5.60. The number of rotatable bonds is 4. The Bertz CT molecular complexity index is 1460. The molecule has 5 rings (SSSR count). The molecule has 0 aliphatic heterocycles. The fourth-order valence-corrected chi connectivity index (χ4v) is 4.14. The molecule has 0 radical (unpaired) electrons. The van der Waals surface area contributed by atoms with E-state index in [-0.39, 0.29) is 5.56 Å². The van der Waals surface area contributed by atoms with E-state index in [0.29, 0.717) is 33.5 Å². The Kier molecular flexibility index (Phi) is 5.04. The molecule has 0 saturated heterocycles. The van der Waals surface area contributed by atoms with Crippen LogP contribution < -0.4 is 10.3 Å². The Morgan fingerprint density at radius 1 is 0.719 bits per heavy atom. The number of halogens is 1. The largest absolute Gasteiger partial charge is 0.497 e. The molecule has 0 aliphatic rings. The highest BCUT2D eigenvalue weighted by Crippen LogP contribution is 2.39. The van der Waals surface area contributed by atoms with Gasteiger partial charge in [0.05, 0.1) is 18.2 Å². The zero-order valence-electron chi connectivity index (χ0n) is 17.5. The molecule has 1 aromatic heterocycles. The van der Waals surface area contributed by atoms with Crippen LogP contribution in [0.3, 0.4) is 0 Å². The normalized spacial score (nSPS) is 10.9. The Morgan fingerprint density at radius 2 is 1.34 bits per heavy atom. The lowest BCUT2D eigenvalue weighted by atomic mass is 9.93. The van der Waals surface area contributed by atoms with Crippen molar-refractivity contribution in [2.75, 3.05) is 7.11 Å². The topological polar surface area (TPSA) is 31.2 Å². The minimum Gasteiger partial charge on any atom is -0.497 e. The molecule has 5 aromatic rings. The maximum atomic E-state index is 15.3. The molecule has 0 unspecified atom stereocenters. The second kappa shape index (κ2) is 8.16. The van der Waals surface area contributed by atoms with E-state index in [9.17, 15) is 4.79 Å². The zero-order chi connectivity index (χ0) is 22.1. The van der Waals surface area contributed by atoms with Crippen LogP contribution in [0.1, 0.15) is 0 Å². The number of fused-ring (bicyclic) bond motifs is 1. The number of ether oxygens (including phenoxy) is 1. The highest BCUT2D eigenvalue weighted by Gasteiger charge is 2.22. The highest BCUT2D eigenvalue weighted by atomic mass is 19.1. The fraction of sp³-hybridized carbons (Fsp3) is 0.0357. The standard InChI is InChI=1S/C28H20FNO2/c1-32-22-17-15-21(16-18-22)30-27(20-11-6-3-7-12-20)25(19-9-4-2-5-10-19)26-23(28(30)31)13-8-14-24(26)29/h2-18H,1H3. The summed E-state index contributed by atoms with van der Waals surface area (Å²) in [4.78, 5) is 13.8. The van der Waals surface area contributed by atoms with Crippen molar-refractivity contribution in [1.29, 1.82) is 0 Å². The number of hydrogen-bond donors (Lipinski definition) is 0. The van der Waals surface area contributed by atoms with E-state index < -0.39 is 5.82 Å². The number of methoxy groups -OCH3 is 1. The van der Waals surface area contributed by atoms with E-state index in [1.54, 1.807) is 23.8 Å². The average molecular weight is 421 g/mol. The summed E-state index contributed by atoms with van der Waals surface area (Å²) in [6.45, 7) is 0. The minimum atomic E-state index is -0.419. The highest BCUT2D eigenvalue weighted by molar-refractivity contribution is 6.03. The summed E-state index contributed by atoms with van der Waals surface area (Å²) < 4.78 is 22.2. The van der Waals surface area contributed by atoms with E-state index in [4.69, 9.17) is 4.74 Å². The van der Waals surface area contributed by atoms with Crippen molar-refractivity contribution < 1.29 is 9.13 Å². The first kappa shape index (κ1) is 19.8. The maximum absolute atomic E-state index is 15.3. The van der Waals surface area contributed by atoms with Gasteiger partial charge in [0.25, 0.3) is 5.56 Å². The monoisotopic (exact) mass is 421 g/mol. The smallest absolute Gasteiger partial charge is 0.263 e. The first-order valence-corrected chi connectivity index (χ1v) is 10.3. The molecule has 3 nitrogen and oxygen atoms in total. The van der Waals surface area contributed by atoms with Crippen LogP contribution >= 0.6 is 0 Å². The van der Waals surface area contributed by atoms with Gasteiger partial charge in [0.1, 0.15) is 11.6 Å². The third kappa shape index (κ3) is 3.26. The first-order chi connectivity index (χ1) is 15.7. The summed E-state index contributed by atoms with van der Waals surface area (Å²) in [6, 6.07) is 31.2. The van der Waals surface area contributed by atoms with Crippen LogP contribution in [0.15, 0.2) is 108 Å². The van der Waals surface area contributed by atoms with Gasteiger partial charge in [-0.25, -0.2) is 4.39 Å². The summed E-state index contributed by atoms with van der Waals surface area (Å²) in [5.41, 5.74) is 3.39. The molecule has 0 amide bonds. The predicted octanol–water partition coefficient (Wildman–Crippen LogP) is 6.47. The molecular formula is C28H20FNO2. The SMILES string of the molecule is COc1ccc(-n2c(-c3ccccc3)c(-c3ccccc3)c3c(F)cccc3c2=O)cc1. The summed E-state index contributed by atoms with van der Waals surface area (Å²) in [5.74, 6) is 0.274. The van der Waals surface area contributed by atoms with Gasteiger partial charge in [-0.05, 0) is 47.5 Å². The van der Waals surface area contributed by atoms with Crippen LogP contribution in [0.4, 0.5) is 4.39 Å². The lowest BCUT2D eigenvalue weighted by Gasteiger charge is -2.21. The quantitative estimate of drug-likeness (QED) is 0.333. The molecule has 1 heterocycles. The van der Waals surface area contributed by atoms with Crippen molar-refractivity contribution in [3.63, 3.8) is 0 Å². The summed E-state index contributed by atoms with van der Waals surface area (Å²) in [6.07, 6.45) is 0. The van der Waals surface area contributed by atoms with Gasteiger partial charge < -0.3 is 4.74 Å². The van der Waals surface area contributed by atoms with Crippen molar-refractivity contribution in [3.8, 4) is 33.8 Å². The molecule has 0 saturated carbocycles. The molecule has 4 heteroatoms. The van der Waals surface area contributed by atoms with Crippen LogP contribution in [-0.2, 0) is 0 Å². The third-order valence-corrected chi connectivity index (χ3v) is 5.60. The van der Waals surface area contributed by atoms with Crippen LogP contribution in [0.5, 0.6) is 5.75 Å². The van der Waals surface area contributed by atoms with Gasteiger partial charge in [-0.3, -0.25) is 9.36 Å². The van der Waals surface area contributed by atoms with Crippen molar-refractivity contribution in [1.82, 2.24) is 4.57 Å². The molecule has 0 atom stereocenters. The van der Waals surface area contributed by atoms with E-state index in [0.717, 1.165) is 11.1 Å². The Morgan fingerprint density at radius 3 is 1.97 bits per heavy atom. The van der Waals surface area contributed by atoms with Crippen LogP contribution in [0, 0.1) is 5.82 Å². The van der Waals surface area contributed by atoms with Crippen molar-refractivity contribution in [2.24, 2.45) is 0 Å². The molecule has 0 N–H and O–H groups in total. The van der Waals surface area contributed by atoms with E-state index >= 15 is 4.39 Å². The molecule has 0 fully saturated rings. The molecule has 156 valence electrons. The maximum Gasteiger partial charge on any atom is 0.263 e. The van der Waals surface area contributed by atoms with Gasteiger partial charge in [-0.15, -0.1) is 0 Å². The van der Waals surface area contributed by atoms with Crippen molar-refractivity contribution >= 4 is 10.8 Å². The second-order valence-electron chi connectivity index (χ2n) is 7.46. The number of benzene rings is 4. The number of nitrogens with zero attached hydrogens (tertiary/aromatic N) is 1. The Balaban J connectivity index is 2.01. The van der Waals surface area contributed by atoms with Crippen LogP contribution in [0.25, 0.3) is 38.8 Å². The molecule has 4 aromatic carbocycles. The van der Waals surface area contributed by atoms with Crippen LogP contribution in [-0.4, -0.2) is 11.7 Å². The van der Waals surface area contributed by atoms with E-state index in [2.05, 4.69) is 0 Å². The van der Waals surface area contributed by atoms with Crippen LogP contribution in [0.2, 0.25) is 0 Å². The number of pyridine rings is 1. The van der Waals surface area contributed by atoms with Gasteiger partial charge in [-0.2, -0.15) is 0 Å². The molecule has 0 spiro atoms. The molecule has 32 heavy (non-hydrogen) atoms. The first-order valence-electron chi connectivity index (χ1n) is 10.3. The van der Waals surface area contributed by atoms with Gasteiger partial charge in [0.2, 0.25) is 0 Å². The molecule has 0 bridgehead atoms. The lowest BCUT2D eigenvalue weighted by Crippen LogP contribution is -2.22. The molecule has 0 aliphatic carbocycles. The summed E-state index contributed by atoms with van der Waals surface area (Å²) >= 11 is 0. The summed E-state index contributed by atoms with van der Waals surface area (Å²) in [5, 5.41) is 0.659. The van der Waals surface area contributed by atoms with E-state index in [1.165, 1.54) is 6.07 Å². The van der Waals surface area contributed by atoms with E-state index in [1.807, 2.05) is 84.9 Å². The fourth-order valence-electron chi connectivity index (χ4n) is 4.14. The second-order valence-corrected chi connectivity index (χ2v) is 7.46. The number of hydrogen-bond acceptors (Lipinski definition) is 2. The lowest BCUT2D eigenvalue weighted by molar-refractivity contribution is 0.414. The van der Waals surface area contributed by atoms with Crippen molar-refractivity contribution in [3.05, 3.63) is 119 Å². The Hall–Kier alpha value is -4.18.